The molecule has 4 aromatic carbocycles. The fourth-order valence-electron chi connectivity index (χ4n) is 17.0. The maximum Gasteiger partial charge on any atom is 0.242 e. The standard InChI is InChI=1S/C73H89N9O15/c1-76-31-41-25-39-24-40(26-41)29-56(87)53(46-17-22-77-66(74)52(46)32-78-44-8-2-3-9-44)36-94-64-65(90)73(92)21-16-42(27-39)55(86)15-13-43-34-95-72(19-6-7-20-72)70(73)97-69(64)96-62-51(57(43)48-10-4-5-11-54(48)82-37-79-59-67(82)80-71(75)81-68(59)91)30-50-58(63(62)93-35-45(85)18-23-83)61(89)49-28-38(33-84)12-14-47(49)60(50)88/h4-5,10-12,14,17,23-26,28,30,42-45,53,55-57,59,64-65,67,69-71,76-80,84-87,90,92H,2-3,6-9,13,15,18-20,22,27,29,31-37,74-75H2,1H3,(H,81,91)/t42-,43-,45-,53-,55-,56-,57-,59-,64+,65+,67-,69+,70+,71+,73-/m1/s1. The number of ether oxygens (including phenoxy) is 5. The topological polar surface area (TPSA) is 363 Å². The third-order valence-electron chi connectivity index (χ3n) is 21.9. The van der Waals surface area contributed by atoms with Crippen LogP contribution in [0.4, 0.5) is 5.69 Å². The van der Waals surface area contributed by atoms with Crippen molar-refractivity contribution in [2.24, 2.45) is 29.2 Å². The van der Waals surface area contributed by atoms with E-state index in [1.54, 1.807) is 12.1 Å². The Balaban J connectivity index is 1.03. The minimum atomic E-state index is -2.56. The fourth-order valence-corrected chi connectivity index (χ4v) is 17.0. The van der Waals surface area contributed by atoms with Crippen LogP contribution in [0.3, 0.4) is 0 Å². The molecule has 7 heterocycles. The number of rotatable bonds is 14. The van der Waals surface area contributed by atoms with E-state index in [1.165, 1.54) is 12.1 Å². The Morgan fingerprint density at radius 2 is 1.68 bits per heavy atom. The average molecular weight is 1330 g/mol. The van der Waals surface area contributed by atoms with Gasteiger partial charge in [0.2, 0.25) is 12.2 Å². The second-order valence-electron chi connectivity index (χ2n) is 28.1. The van der Waals surface area contributed by atoms with Gasteiger partial charge in [0.25, 0.3) is 0 Å². The molecule has 97 heavy (non-hydrogen) atoms. The minimum Gasteiger partial charge on any atom is -0.486 e. The molecule has 0 unspecified atom stereocenters. The lowest BCUT2D eigenvalue weighted by molar-refractivity contribution is -0.336. The summed E-state index contributed by atoms with van der Waals surface area (Å²) in [4.78, 5) is 59.3. The Morgan fingerprint density at radius 1 is 0.887 bits per heavy atom. The van der Waals surface area contributed by atoms with Gasteiger partial charge >= 0.3 is 0 Å². The van der Waals surface area contributed by atoms with Crippen LogP contribution in [0.1, 0.15) is 142 Å². The molecule has 8 bridgehead atoms. The minimum absolute atomic E-state index is 0.0414. The molecule has 10 aliphatic rings. The lowest BCUT2D eigenvalue weighted by atomic mass is 9.73. The highest BCUT2D eigenvalue weighted by Gasteiger charge is 2.65. The first-order valence-electron chi connectivity index (χ1n) is 34.5. The normalized spacial score (nSPS) is 31.9. The Morgan fingerprint density at radius 3 is 2.46 bits per heavy atom. The van der Waals surface area contributed by atoms with Crippen molar-refractivity contribution in [2.75, 3.05) is 51.5 Å². The number of aldehydes is 1. The fraction of sp³-hybridized carbons (Fsp3) is 0.534. The number of anilines is 1. The van der Waals surface area contributed by atoms with Gasteiger partial charge in [-0.2, -0.15) is 0 Å². The number of nitrogens with two attached hydrogens (primary N) is 2. The maximum atomic E-state index is 15.8. The van der Waals surface area contributed by atoms with Gasteiger partial charge in [-0.3, -0.25) is 30.8 Å². The molecule has 5 fully saturated rings. The van der Waals surface area contributed by atoms with E-state index in [4.69, 9.17) is 35.2 Å². The summed E-state index contributed by atoms with van der Waals surface area (Å²) >= 11 is 0. The Labute approximate surface area is 563 Å². The molecule has 7 aliphatic heterocycles. The first-order chi connectivity index (χ1) is 47.0. The van der Waals surface area contributed by atoms with Crippen LogP contribution in [0, 0.1) is 29.6 Å². The quantitative estimate of drug-likeness (QED) is 0.0553. The molecule has 3 aliphatic carbocycles. The maximum absolute atomic E-state index is 15.8. The zero-order valence-corrected chi connectivity index (χ0v) is 54.5. The summed E-state index contributed by atoms with van der Waals surface area (Å²) in [6.45, 7) is -0.197. The molecule has 16 N–H and O–H groups in total. The number of hydrogen-bond donors (Lipinski definition) is 14. The molecule has 24 heteroatoms. The van der Waals surface area contributed by atoms with E-state index < -0.39 is 121 Å². The van der Waals surface area contributed by atoms with Crippen LogP contribution in [-0.2, 0) is 49.8 Å². The highest BCUT2D eigenvalue weighted by molar-refractivity contribution is 6.29. The Bertz CT molecular complexity index is 3820. The van der Waals surface area contributed by atoms with Gasteiger partial charge in [-0.1, -0.05) is 86.1 Å². The van der Waals surface area contributed by atoms with E-state index in [-0.39, 0.29) is 103 Å². The van der Waals surface area contributed by atoms with Gasteiger partial charge in [-0.05, 0) is 122 Å². The molecule has 3 saturated heterocycles. The second-order valence-corrected chi connectivity index (χ2v) is 28.1. The Hall–Kier alpha value is -7.16. The lowest BCUT2D eigenvalue weighted by Gasteiger charge is -2.53. The molecule has 0 radical (unpaired) electrons. The number of carbonyl (C=O) groups is 4. The lowest BCUT2D eigenvalue weighted by Crippen LogP contribution is -2.72. The van der Waals surface area contributed by atoms with Crippen LogP contribution in [0.15, 0.2) is 89.8 Å². The van der Waals surface area contributed by atoms with Crippen molar-refractivity contribution in [3.05, 3.63) is 145 Å². The van der Waals surface area contributed by atoms with E-state index in [0.717, 1.165) is 47.9 Å². The highest BCUT2D eigenvalue weighted by atomic mass is 16.7. The van der Waals surface area contributed by atoms with E-state index >= 15 is 9.59 Å². The van der Waals surface area contributed by atoms with Gasteiger partial charge in [-0.25, -0.2) is 0 Å². The number of benzene rings is 4. The third-order valence-corrected chi connectivity index (χ3v) is 21.9. The van der Waals surface area contributed by atoms with Crippen molar-refractivity contribution < 1.29 is 73.5 Å². The number of amides is 1. The van der Waals surface area contributed by atoms with Crippen molar-refractivity contribution in [1.82, 2.24) is 31.9 Å². The van der Waals surface area contributed by atoms with E-state index in [0.29, 0.717) is 79.8 Å². The van der Waals surface area contributed by atoms with Crippen molar-refractivity contribution in [1.29, 1.82) is 0 Å². The van der Waals surface area contributed by atoms with E-state index in [9.17, 15) is 40.2 Å². The molecule has 2 saturated carbocycles. The predicted molar refractivity (Wildman–Crippen MR) is 354 cm³/mol. The molecular weight excluding hydrogens is 1240 g/mol. The van der Waals surface area contributed by atoms with Crippen molar-refractivity contribution in [3.8, 4) is 23.3 Å². The van der Waals surface area contributed by atoms with Crippen LogP contribution >= 0.6 is 0 Å². The van der Waals surface area contributed by atoms with Gasteiger partial charge in [0, 0.05) is 77.4 Å². The summed E-state index contributed by atoms with van der Waals surface area (Å²) in [6.07, 6.45) is -3.84. The number of hydrogen-bond acceptors (Lipinski definition) is 23. The first kappa shape index (κ1) is 67.0. The molecule has 0 aromatic heterocycles. The summed E-state index contributed by atoms with van der Waals surface area (Å²) in [7, 11) is 1.86. The van der Waals surface area contributed by atoms with Crippen LogP contribution < -0.4 is 57.7 Å². The first-order valence-corrected chi connectivity index (χ1v) is 34.5. The van der Waals surface area contributed by atoms with Gasteiger partial charge < -0.3 is 91.0 Å². The van der Waals surface area contributed by atoms with Crippen LogP contribution in [0.5, 0.6) is 11.5 Å². The predicted octanol–water partition coefficient (Wildman–Crippen LogP) is 1.48. The van der Waals surface area contributed by atoms with Crippen molar-refractivity contribution >= 4 is 29.4 Å². The van der Waals surface area contributed by atoms with Crippen LogP contribution in [-0.4, -0.2) is 180 Å². The number of nitrogens with one attached hydrogen (secondary N) is 6. The SMILES string of the molecule is CNCc1cc2cc(c1)C[C@H]1C#C[C@@]3(O)[C@@H](O)[C@H](OC[C@H](C4=CCNC(N)=C4CNC4CCCC4)[C@H](O)C2)[C@H]2Oc4c(cc5c(c4OC[C@H](O)CC=O)C(=O)c4cc(CO)ccc4C5=O)[C@@H](c4ccccc4N4CN[C@H]5C(=O)N[C@@H](N)N[C@@H]54)[C@H](CC[C@H]1O)COC1(CCCC1)[C@@H]3O2. The molecule has 1 spiro atoms. The smallest absolute Gasteiger partial charge is 0.242 e. The van der Waals surface area contributed by atoms with Gasteiger partial charge in [0.05, 0.1) is 61.9 Å². The molecule has 4 aromatic rings. The zero-order chi connectivity index (χ0) is 67.4. The van der Waals surface area contributed by atoms with Crippen LogP contribution in [0.25, 0.3) is 0 Å². The number of aliphatic hydroxyl groups excluding tert-OH is 5. The molecule has 14 rings (SSSR count). The van der Waals surface area contributed by atoms with E-state index in [1.807, 2.05) is 54.4 Å². The van der Waals surface area contributed by atoms with Gasteiger partial charge in [-0.15, -0.1) is 0 Å². The van der Waals surface area contributed by atoms with E-state index in [2.05, 4.69) is 49.8 Å². The number of aliphatic hydroxyl groups is 6. The molecule has 24 nitrogen and oxygen atoms in total. The summed E-state index contributed by atoms with van der Waals surface area (Å²) in [5, 5.41) is 96.0. The van der Waals surface area contributed by atoms with Gasteiger partial charge in [0.15, 0.2) is 28.7 Å². The number of carbonyl (C=O) groups excluding carboxylic acids is 4. The zero-order valence-electron chi connectivity index (χ0n) is 54.5. The number of para-hydroxylation sites is 1. The second kappa shape index (κ2) is 27.9. The number of ketones is 2. The van der Waals surface area contributed by atoms with Crippen molar-refractivity contribution in [3.63, 3.8) is 0 Å². The summed E-state index contributed by atoms with van der Waals surface area (Å²) < 4.78 is 36.6. The summed E-state index contributed by atoms with van der Waals surface area (Å²) in [5.74, 6) is 1.28. The van der Waals surface area contributed by atoms with Gasteiger partial charge in [0.1, 0.15) is 55.5 Å². The number of fused-ring (bicyclic) bond motifs is 12. The summed E-state index contributed by atoms with van der Waals surface area (Å²) in [6, 6.07) is 19.3. The van der Waals surface area contributed by atoms with Crippen molar-refractivity contribution in [2.45, 2.75) is 181 Å². The molecular formula is C73H89N9O15. The molecule has 15 atom stereocenters. The number of dihydropyridines is 1. The molecule has 1 amide bonds. The number of nitrogens with zero attached hydrogens (tertiary/aromatic N) is 1. The molecule has 516 valence electrons. The summed E-state index contributed by atoms with van der Waals surface area (Å²) in [5.41, 5.74) is 14.8. The third kappa shape index (κ3) is 12.7. The average Bonchev–Trinajstić information content (AvgIpc) is 1.48. The Kier molecular flexibility index (Phi) is 19.3. The largest absolute Gasteiger partial charge is 0.486 e. The highest BCUT2D eigenvalue weighted by Crippen LogP contribution is 2.55. The van der Waals surface area contributed by atoms with Crippen LogP contribution in [0.2, 0.25) is 0 Å². The monoisotopic (exact) mass is 1330 g/mol.